The van der Waals surface area contributed by atoms with Gasteiger partial charge >= 0.3 is 6.18 Å². The van der Waals surface area contributed by atoms with Crippen molar-refractivity contribution in [3.05, 3.63) is 16.7 Å². The van der Waals surface area contributed by atoms with Gasteiger partial charge < -0.3 is 4.57 Å². The van der Waals surface area contributed by atoms with Crippen LogP contribution in [-0.2, 0) is 13.2 Å². The SMILES string of the molecule is CC(C)c1nc(C(F)(F)F)c(Cl)n1C. The average Bonchev–Trinajstić information content (AvgIpc) is 2.28. The average molecular weight is 227 g/mol. The lowest BCUT2D eigenvalue weighted by atomic mass is 10.2. The van der Waals surface area contributed by atoms with Crippen LogP contribution in [0.2, 0.25) is 5.15 Å². The molecule has 0 spiro atoms. The van der Waals surface area contributed by atoms with Crippen LogP contribution in [0.3, 0.4) is 0 Å². The molecule has 0 aliphatic heterocycles. The second-order valence-electron chi connectivity index (χ2n) is 3.32. The zero-order valence-electron chi connectivity index (χ0n) is 7.98. The van der Waals surface area contributed by atoms with Gasteiger partial charge in [-0.2, -0.15) is 13.2 Å². The van der Waals surface area contributed by atoms with Crippen molar-refractivity contribution in [2.45, 2.75) is 25.9 Å². The van der Waals surface area contributed by atoms with Crippen LogP contribution in [0.5, 0.6) is 0 Å². The number of aromatic nitrogens is 2. The van der Waals surface area contributed by atoms with E-state index in [0.717, 1.165) is 0 Å². The second-order valence-corrected chi connectivity index (χ2v) is 3.68. The molecule has 0 aromatic carbocycles. The smallest absolute Gasteiger partial charge is 0.322 e. The summed E-state index contributed by atoms with van der Waals surface area (Å²) in [6.07, 6.45) is -4.48. The van der Waals surface area contributed by atoms with Crippen molar-refractivity contribution in [2.75, 3.05) is 0 Å². The monoisotopic (exact) mass is 226 g/mol. The third-order valence-corrected chi connectivity index (χ3v) is 2.28. The maximum Gasteiger partial charge on any atom is 0.436 e. The molecule has 0 atom stereocenters. The van der Waals surface area contributed by atoms with Crippen LogP contribution in [0.15, 0.2) is 0 Å². The van der Waals surface area contributed by atoms with Crippen molar-refractivity contribution in [3.8, 4) is 0 Å². The molecule has 2 nitrogen and oxygen atoms in total. The first-order valence-electron chi connectivity index (χ1n) is 4.04. The zero-order valence-corrected chi connectivity index (χ0v) is 8.74. The van der Waals surface area contributed by atoms with Crippen molar-refractivity contribution in [3.63, 3.8) is 0 Å². The number of hydrogen-bond donors (Lipinski definition) is 0. The lowest BCUT2D eigenvalue weighted by Gasteiger charge is -2.03. The highest BCUT2D eigenvalue weighted by molar-refractivity contribution is 6.30. The molecule has 1 aromatic rings. The van der Waals surface area contributed by atoms with E-state index in [1.54, 1.807) is 13.8 Å². The van der Waals surface area contributed by atoms with E-state index in [1.807, 2.05) is 0 Å². The molecule has 0 unspecified atom stereocenters. The minimum Gasteiger partial charge on any atom is -0.322 e. The Balaban J connectivity index is 3.29. The molecule has 6 heteroatoms. The summed E-state index contributed by atoms with van der Waals surface area (Å²) in [6.45, 7) is 3.53. The topological polar surface area (TPSA) is 17.8 Å². The van der Waals surface area contributed by atoms with E-state index >= 15 is 0 Å². The first-order chi connectivity index (χ1) is 6.25. The standard InChI is InChI=1S/C8H10ClF3N2/c1-4(2)7-13-5(8(10,11)12)6(9)14(7)3/h4H,1-3H3. The molecule has 14 heavy (non-hydrogen) atoms. The fraction of sp³-hybridized carbons (Fsp3) is 0.625. The zero-order chi connectivity index (χ0) is 11.1. The first-order valence-corrected chi connectivity index (χ1v) is 4.42. The minimum absolute atomic E-state index is 0.0893. The molecule has 0 bridgehead atoms. The summed E-state index contributed by atoms with van der Waals surface area (Å²) in [5.41, 5.74) is -1.01. The summed E-state index contributed by atoms with van der Waals surface area (Å²) in [4.78, 5) is 3.49. The second kappa shape index (κ2) is 3.46. The van der Waals surface area contributed by atoms with E-state index in [2.05, 4.69) is 4.98 Å². The molecule has 0 saturated carbocycles. The van der Waals surface area contributed by atoms with Gasteiger partial charge in [0.05, 0.1) is 0 Å². The van der Waals surface area contributed by atoms with Gasteiger partial charge in [-0.1, -0.05) is 25.4 Å². The summed E-state index contributed by atoms with van der Waals surface area (Å²) in [5.74, 6) is 0.246. The third-order valence-electron chi connectivity index (χ3n) is 1.84. The van der Waals surface area contributed by atoms with Crippen LogP contribution < -0.4 is 0 Å². The number of hydrogen-bond acceptors (Lipinski definition) is 1. The molecule has 0 N–H and O–H groups in total. The lowest BCUT2D eigenvalue weighted by Crippen LogP contribution is -2.06. The highest BCUT2D eigenvalue weighted by atomic mass is 35.5. The predicted octanol–water partition coefficient (Wildman–Crippen LogP) is 3.22. The largest absolute Gasteiger partial charge is 0.436 e. The molecular formula is C8H10ClF3N2. The van der Waals surface area contributed by atoms with Crippen molar-refractivity contribution in [1.82, 2.24) is 9.55 Å². The summed E-state index contributed by atoms with van der Waals surface area (Å²) in [7, 11) is 1.47. The van der Waals surface area contributed by atoms with E-state index in [0.29, 0.717) is 5.82 Å². The number of imidazole rings is 1. The van der Waals surface area contributed by atoms with E-state index in [1.165, 1.54) is 11.6 Å². The van der Waals surface area contributed by atoms with E-state index < -0.39 is 11.9 Å². The molecule has 0 aliphatic rings. The summed E-state index contributed by atoms with van der Waals surface area (Å²) in [5, 5.41) is -0.360. The molecule has 0 amide bonds. The Hall–Kier alpha value is -0.710. The van der Waals surface area contributed by atoms with Gasteiger partial charge in [-0.15, -0.1) is 0 Å². The van der Waals surface area contributed by atoms with Crippen LogP contribution in [0.4, 0.5) is 13.2 Å². The van der Waals surface area contributed by atoms with Crippen LogP contribution in [0, 0.1) is 0 Å². The Morgan fingerprint density at radius 1 is 1.36 bits per heavy atom. The number of rotatable bonds is 1. The van der Waals surface area contributed by atoms with Crippen LogP contribution in [0.1, 0.15) is 31.3 Å². The molecular weight excluding hydrogens is 217 g/mol. The number of nitrogens with zero attached hydrogens (tertiary/aromatic N) is 2. The Kier molecular flexibility index (Phi) is 2.81. The maximum absolute atomic E-state index is 12.3. The quantitative estimate of drug-likeness (QED) is 0.719. The van der Waals surface area contributed by atoms with Gasteiger partial charge in [-0.05, 0) is 0 Å². The highest BCUT2D eigenvalue weighted by Crippen LogP contribution is 2.35. The number of alkyl halides is 3. The molecule has 0 fully saturated rings. The van der Waals surface area contributed by atoms with Crippen LogP contribution >= 0.6 is 11.6 Å². The van der Waals surface area contributed by atoms with Crippen LogP contribution in [-0.4, -0.2) is 9.55 Å². The Morgan fingerprint density at radius 2 is 1.86 bits per heavy atom. The van der Waals surface area contributed by atoms with Crippen LogP contribution in [0.25, 0.3) is 0 Å². The van der Waals surface area contributed by atoms with Gasteiger partial charge in [0.1, 0.15) is 11.0 Å². The molecule has 0 saturated heterocycles. The summed E-state index contributed by atoms with van der Waals surface area (Å²) in [6, 6.07) is 0. The minimum atomic E-state index is -4.48. The van der Waals surface area contributed by atoms with Gasteiger partial charge in [-0.25, -0.2) is 4.98 Å². The Labute approximate surface area is 84.7 Å². The van der Waals surface area contributed by atoms with Gasteiger partial charge in [0.25, 0.3) is 0 Å². The normalized spacial score (nSPS) is 12.6. The molecule has 0 radical (unpaired) electrons. The number of halogens is 4. The third kappa shape index (κ3) is 1.87. The predicted molar refractivity (Wildman–Crippen MR) is 47.3 cm³/mol. The lowest BCUT2D eigenvalue weighted by molar-refractivity contribution is -0.140. The molecule has 1 heterocycles. The van der Waals surface area contributed by atoms with Gasteiger partial charge in [0.15, 0.2) is 5.69 Å². The van der Waals surface area contributed by atoms with E-state index in [9.17, 15) is 13.2 Å². The van der Waals surface area contributed by atoms with E-state index in [4.69, 9.17) is 11.6 Å². The Morgan fingerprint density at radius 3 is 2.07 bits per heavy atom. The molecule has 0 aliphatic carbocycles. The van der Waals surface area contributed by atoms with Gasteiger partial charge in [0.2, 0.25) is 0 Å². The van der Waals surface area contributed by atoms with Gasteiger partial charge in [-0.3, -0.25) is 0 Å². The van der Waals surface area contributed by atoms with Crippen molar-refractivity contribution >= 4 is 11.6 Å². The van der Waals surface area contributed by atoms with Crippen molar-refractivity contribution < 1.29 is 13.2 Å². The molecule has 1 aromatic heterocycles. The fourth-order valence-electron chi connectivity index (χ4n) is 1.19. The molecule has 1 rings (SSSR count). The summed E-state index contributed by atoms with van der Waals surface area (Å²) >= 11 is 5.52. The van der Waals surface area contributed by atoms with Crippen molar-refractivity contribution in [1.29, 1.82) is 0 Å². The first kappa shape index (κ1) is 11.4. The van der Waals surface area contributed by atoms with Crippen molar-refractivity contribution in [2.24, 2.45) is 7.05 Å². The maximum atomic E-state index is 12.3. The summed E-state index contributed by atoms with van der Waals surface area (Å²) < 4.78 is 38.3. The Bertz CT molecular complexity index is 341. The molecule has 80 valence electrons. The fourth-order valence-corrected chi connectivity index (χ4v) is 1.43. The highest BCUT2D eigenvalue weighted by Gasteiger charge is 2.38. The van der Waals surface area contributed by atoms with Gasteiger partial charge in [0, 0.05) is 13.0 Å². The van der Waals surface area contributed by atoms with E-state index in [-0.39, 0.29) is 11.1 Å².